The first kappa shape index (κ1) is 29.2. The molecule has 0 bridgehead atoms. The lowest BCUT2D eigenvalue weighted by molar-refractivity contribution is -0.0462. The third-order valence-corrected chi connectivity index (χ3v) is 8.78. The van der Waals surface area contributed by atoms with E-state index in [1.165, 1.54) is 0 Å². The molecule has 0 unspecified atom stereocenters. The first-order valence-electron chi connectivity index (χ1n) is 14.0. The zero-order valence-corrected chi connectivity index (χ0v) is 24.4. The molecule has 40 heavy (non-hydrogen) atoms. The standard InChI is InChI=1S/C31H42N6O3/c1-30(2,3)31(4)22-35(18-19-37(31)29(39)40)21-24-8-12-27(13-9-24)34(5)28(38)36-16-14-26(15-17-36)33-25-10-6-23(20-32)7-11-25/h6-13,26,33H,14-19,21-22H2,1-5H3,(H,39,40)/t31-/m1/s1. The Balaban J connectivity index is 1.30. The van der Waals surface area contributed by atoms with Gasteiger partial charge in [-0.2, -0.15) is 5.26 Å². The van der Waals surface area contributed by atoms with Crippen molar-refractivity contribution in [1.82, 2.24) is 14.7 Å². The zero-order chi connectivity index (χ0) is 29.1. The normalized spacial score (nSPS) is 20.6. The highest BCUT2D eigenvalue weighted by molar-refractivity contribution is 5.91. The molecule has 0 radical (unpaired) electrons. The van der Waals surface area contributed by atoms with E-state index in [0.717, 1.165) is 36.3 Å². The van der Waals surface area contributed by atoms with Crippen molar-refractivity contribution < 1.29 is 14.7 Å². The van der Waals surface area contributed by atoms with Crippen LogP contribution < -0.4 is 10.2 Å². The van der Waals surface area contributed by atoms with Gasteiger partial charge < -0.3 is 15.3 Å². The number of nitrogens with zero attached hydrogens (tertiary/aromatic N) is 5. The van der Waals surface area contributed by atoms with Gasteiger partial charge in [0.05, 0.1) is 17.2 Å². The van der Waals surface area contributed by atoms with Crippen LogP contribution in [0.15, 0.2) is 48.5 Å². The van der Waals surface area contributed by atoms with E-state index < -0.39 is 11.6 Å². The van der Waals surface area contributed by atoms with Crippen molar-refractivity contribution in [3.8, 4) is 6.07 Å². The van der Waals surface area contributed by atoms with Gasteiger partial charge in [0.15, 0.2) is 0 Å². The summed E-state index contributed by atoms with van der Waals surface area (Å²) in [6.07, 6.45) is 0.864. The maximum absolute atomic E-state index is 13.2. The highest BCUT2D eigenvalue weighted by Gasteiger charge is 2.48. The quantitative estimate of drug-likeness (QED) is 0.528. The van der Waals surface area contributed by atoms with E-state index in [2.05, 4.69) is 49.2 Å². The summed E-state index contributed by atoms with van der Waals surface area (Å²) in [4.78, 5) is 32.7. The Kier molecular flexibility index (Phi) is 8.59. The fourth-order valence-corrected chi connectivity index (χ4v) is 5.67. The summed E-state index contributed by atoms with van der Waals surface area (Å²) in [5, 5.41) is 22.3. The molecule has 2 aromatic carbocycles. The lowest BCUT2D eigenvalue weighted by Gasteiger charge is -2.54. The third kappa shape index (κ3) is 6.34. The SMILES string of the molecule is CN(C(=O)N1CCC(Nc2ccc(C#N)cc2)CC1)c1ccc(CN2CCN(C(=O)O)[C@@](C)(C(C)(C)C)C2)cc1. The van der Waals surface area contributed by atoms with Crippen LogP contribution in [0.3, 0.4) is 0 Å². The summed E-state index contributed by atoms with van der Waals surface area (Å²) in [5.41, 5.74) is 2.93. The number of carbonyl (C=O) groups excluding carboxylic acids is 1. The van der Waals surface area contributed by atoms with E-state index in [0.29, 0.717) is 44.3 Å². The minimum absolute atomic E-state index is 0.00434. The van der Waals surface area contributed by atoms with Gasteiger partial charge in [-0.3, -0.25) is 14.7 Å². The molecule has 0 aromatic heterocycles. The molecule has 2 N–H and O–H groups in total. The number of carbonyl (C=O) groups is 2. The summed E-state index contributed by atoms with van der Waals surface area (Å²) in [7, 11) is 1.82. The predicted molar refractivity (Wildman–Crippen MR) is 157 cm³/mol. The first-order valence-corrected chi connectivity index (χ1v) is 14.0. The Morgan fingerprint density at radius 2 is 1.68 bits per heavy atom. The molecule has 2 aliphatic heterocycles. The molecule has 9 nitrogen and oxygen atoms in total. The maximum Gasteiger partial charge on any atom is 0.407 e. The second-order valence-electron chi connectivity index (χ2n) is 12.3. The molecule has 1 atom stereocenters. The number of carboxylic acid groups (broad SMARTS) is 1. The number of urea groups is 1. The summed E-state index contributed by atoms with van der Waals surface area (Å²) in [6, 6.07) is 18.0. The summed E-state index contributed by atoms with van der Waals surface area (Å²) in [6.45, 7) is 12.3. The van der Waals surface area contributed by atoms with Crippen molar-refractivity contribution in [2.45, 2.75) is 58.7 Å². The van der Waals surface area contributed by atoms with Crippen molar-refractivity contribution in [3.05, 3.63) is 59.7 Å². The average molecular weight is 547 g/mol. The second kappa shape index (κ2) is 11.8. The van der Waals surface area contributed by atoms with Gasteiger partial charge in [0, 0.05) is 63.7 Å². The average Bonchev–Trinajstić information content (AvgIpc) is 2.93. The molecule has 0 aliphatic carbocycles. The monoisotopic (exact) mass is 546 g/mol. The predicted octanol–water partition coefficient (Wildman–Crippen LogP) is 5.29. The molecule has 2 saturated heterocycles. The van der Waals surface area contributed by atoms with Crippen LogP contribution in [0, 0.1) is 16.7 Å². The highest BCUT2D eigenvalue weighted by atomic mass is 16.4. The van der Waals surface area contributed by atoms with Crippen LogP contribution in [0.1, 0.15) is 51.7 Å². The molecular weight excluding hydrogens is 504 g/mol. The van der Waals surface area contributed by atoms with Gasteiger partial charge in [0.25, 0.3) is 0 Å². The van der Waals surface area contributed by atoms with Gasteiger partial charge in [0.2, 0.25) is 0 Å². The fourth-order valence-electron chi connectivity index (χ4n) is 5.67. The molecular formula is C31H42N6O3. The molecule has 2 heterocycles. The third-order valence-electron chi connectivity index (χ3n) is 8.78. The Morgan fingerprint density at radius 1 is 1.05 bits per heavy atom. The molecule has 9 heteroatoms. The van der Waals surface area contributed by atoms with Crippen molar-refractivity contribution in [3.63, 3.8) is 0 Å². The molecule has 4 rings (SSSR count). The van der Waals surface area contributed by atoms with E-state index in [1.54, 1.807) is 9.80 Å². The Morgan fingerprint density at radius 3 is 2.23 bits per heavy atom. The lowest BCUT2D eigenvalue weighted by Crippen LogP contribution is -2.67. The van der Waals surface area contributed by atoms with E-state index >= 15 is 0 Å². The van der Waals surface area contributed by atoms with Gasteiger partial charge in [0.1, 0.15) is 0 Å². The van der Waals surface area contributed by atoms with Crippen molar-refractivity contribution in [2.24, 2.45) is 5.41 Å². The van der Waals surface area contributed by atoms with Gasteiger partial charge in [-0.05, 0) is 67.1 Å². The highest BCUT2D eigenvalue weighted by Crippen LogP contribution is 2.38. The number of piperazine rings is 1. The summed E-state index contributed by atoms with van der Waals surface area (Å²) in [5.74, 6) is 0. The van der Waals surface area contributed by atoms with Crippen LogP contribution in [-0.2, 0) is 6.54 Å². The minimum atomic E-state index is -0.860. The topological polar surface area (TPSA) is 103 Å². The number of benzene rings is 2. The number of nitriles is 1. The smallest absolute Gasteiger partial charge is 0.407 e. The number of rotatable bonds is 5. The molecule has 2 aliphatic rings. The van der Waals surface area contributed by atoms with Gasteiger partial charge in [-0.25, -0.2) is 9.59 Å². The summed E-state index contributed by atoms with van der Waals surface area (Å²) < 4.78 is 0. The maximum atomic E-state index is 13.2. The van der Waals surface area contributed by atoms with Crippen molar-refractivity contribution >= 4 is 23.5 Å². The number of amides is 3. The number of likely N-dealkylation sites (tertiary alicyclic amines) is 1. The largest absolute Gasteiger partial charge is 0.465 e. The van der Waals surface area contributed by atoms with Crippen molar-refractivity contribution in [2.75, 3.05) is 50.0 Å². The van der Waals surface area contributed by atoms with E-state index in [-0.39, 0.29) is 11.4 Å². The molecule has 2 aromatic rings. The molecule has 2 fully saturated rings. The van der Waals surface area contributed by atoms with Crippen LogP contribution >= 0.6 is 0 Å². The number of nitrogens with one attached hydrogen (secondary N) is 1. The number of hydrogen-bond acceptors (Lipinski definition) is 5. The lowest BCUT2D eigenvalue weighted by atomic mass is 9.72. The molecule has 214 valence electrons. The molecule has 0 spiro atoms. The number of piperidine rings is 1. The van der Waals surface area contributed by atoms with E-state index in [9.17, 15) is 14.7 Å². The van der Waals surface area contributed by atoms with Crippen LogP contribution in [0.5, 0.6) is 0 Å². The fraction of sp³-hybridized carbons (Fsp3) is 0.516. The summed E-state index contributed by atoms with van der Waals surface area (Å²) >= 11 is 0. The van der Waals surface area contributed by atoms with Gasteiger partial charge >= 0.3 is 12.1 Å². The molecule has 0 saturated carbocycles. The van der Waals surface area contributed by atoms with Crippen LogP contribution in [0.2, 0.25) is 0 Å². The zero-order valence-electron chi connectivity index (χ0n) is 24.4. The molecule has 3 amide bonds. The first-order chi connectivity index (χ1) is 18.9. The Hall–Kier alpha value is -3.77. The Labute approximate surface area is 238 Å². The Bertz CT molecular complexity index is 1230. The second-order valence-corrected chi connectivity index (χ2v) is 12.3. The van der Waals surface area contributed by atoms with Gasteiger partial charge in [-0.15, -0.1) is 0 Å². The number of hydrogen-bond donors (Lipinski definition) is 2. The van der Waals surface area contributed by atoms with Crippen LogP contribution in [0.4, 0.5) is 21.0 Å². The van der Waals surface area contributed by atoms with Crippen LogP contribution in [0.25, 0.3) is 0 Å². The minimum Gasteiger partial charge on any atom is -0.465 e. The van der Waals surface area contributed by atoms with Gasteiger partial charge in [-0.1, -0.05) is 32.9 Å². The van der Waals surface area contributed by atoms with E-state index in [4.69, 9.17) is 5.26 Å². The van der Waals surface area contributed by atoms with E-state index in [1.807, 2.05) is 55.3 Å². The van der Waals surface area contributed by atoms with Crippen LogP contribution in [-0.4, -0.2) is 83.3 Å². The number of anilines is 2. The van der Waals surface area contributed by atoms with Crippen molar-refractivity contribution in [1.29, 1.82) is 5.26 Å².